The van der Waals surface area contributed by atoms with Gasteiger partial charge in [0.05, 0.1) is 6.61 Å². The molecule has 1 rings (SSSR count). The van der Waals surface area contributed by atoms with E-state index in [0.29, 0.717) is 13.2 Å². The van der Waals surface area contributed by atoms with Crippen molar-refractivity contribution in [2.45, 2.75) is 47.0 Å². The van der Waals surface area contributed by atoms with Gasteiger partial charge in [-0.1, -0.05) is 20.8 Å². The molecule has 1 saturated carbocycles. The zero-order valence-corrected chi connectivity index (χ0v) is 13.7. The molecule has 0 aromatic heterocycles. The summed E-state index contributed by atoms with van der Waals surface area (Å²) in [7, 11) is 0. The number of esters is 1. The Morgan fingerprint density at radius 3 is 2.48 bits per heavy atom. The SMILES string of the molecule is CCOC(=O)C(C(=O)NCCCOCC1CC1)C(C)(C)C. The third kappa shape index (κ3) is 6.93. The normalized spacial score (nSPS) is 16.4. The average Bonchev–Trinajstić information content (AvgIpc) is 3.16. The van der Waals surface area contributed by atoms with E-state index >= 15 is 0 Å². The highest BCUT2D eigenvalue weighted by Gasteiger charge is 2.38. The van der Waals surface area contributed by atoms with Crippen LogP contribution < -0.4 is 5.32 Å². The highest BCUT2D eigenvalue weighted by molar-refractivity contribution is 5.98. The van der Waals surface area contributed by atoms with Crippen LogP contribution in [-0.4, -0.2) is 38.2 Å². The maximum atomic E-state index is 12.2. The Balaban J connectivity index is 2.28. The van der Waals surface area contributed by atoms with Crippen LogP contribution in [0.15, 0.2) is 0 Å². The molecule has 0 spiro atoms. The lowest BCUT2D eigenvalue weighted by Crippen LogP contribution is -2.44. The first-order valence-corrected chi connectivity index (χ1v) is 7.88. The van der Waals surface area contributed by atoms with E-state index in [0.717, 1.165) is 18.9 Å². The summed E-state index contributed by atoms with van der Waals surface area (Å²) in [6, 6.07) is 0. The fraction of sp³-hybridized carbons (Fsp3) is 0.875. The van der Waals surface area contributed by atoms with Crippen molar-refractivity contribution in [1.29, 1.82) is 0 Å². The first-order valence-electron chi connectivity index (χ1n) is 7.88. The van der Waals surface area contributed by atoms with Crippen molar-refractivity contribution in [2.75, 3.05) is 26.4 Å². The lowest BCUT2D eigenvalue weighted by molar-refractivity contribution is -0.156. The van der Waals surface area contributed by atoms with Crippen LogP contribution in [-0.2, 0) is 19.1 Å². The molecular formula is C16H29NO4. The molecule has 122 valence electrons. The molecule has 0 radical (unpaired) electrons. The quantitative estimate of drug-likeness (QED) is 0.402. The van der Waals surface area contributed by atoms with Gasteiger partial charge in [0.15, 0.2) is 0 Å². The fourth-order valence-corrected chi connectivity index (χ4v) is 2.10. The van der Waals surface area contributed by atoms with Crippen LogP contribution in [0.25, 0.3) is 0 Å². The summed E-state index contributed by atoms with van der Waals surface area (Å²) < 4.78 is 10.5. The second kappa shape index (κ2) is 8.37. The Morgan fingerprint density at radius 1 is 1.29 bits per heavy atom. The predicted octanol–water partition coefficient (Wildman–Crippen LogP) is 2.14. The second-order valence-corrected chi connectivity index (χ2v) is 6.71. The van der Waals surface area contributed by atoms with Gasteiger partial charge < -0.3 is 14.8 Å². The topological polar surface area (TPSA) is 64.6 Å². The van der Waals surface area contributed by atoms with Gasteiger partial charge in [0.25, 0.3) is 0 Å². The molecule has 0 heterocycles. The van der Waals surface area contributed by atoms with Crippen LogP contribution >= 0.6 is 0 Å². The van der Waals surface area contributed by atoms with Crippen molar-refractivity contribution in [2.24, 2.45) is 17.3 Å². The lowest BCUT2D eigenvalue weighted by Gasteiger charge is -2.27. The maximum absolute atomic E-state index is 12.2. The van der Waals surface area contributed by atoms with Crippen molar-refractivity contribution in [1.82, 2.24) is 5.32 Å². The molecule has 1 unspecified atom stereocenters. The van der Waals surface area contributed by atoms with E-state index in [1.165, 1.54) is 12.8 Å². The summed E-state index contributed by atoms with van der Waals surface area (Å²) >= 11 is 0. The van der Waals surface area contributed by atoms with Gasteiger partial charge in [0.1, 0.15) is 5.92 Å². The van der Waals surface area contributed by atoms with Crippen LogP contribution in [0.5, 0.6) is 0 Å². The molecular weight excluding hydrogens is 270 g/mol. The standard InChI is InChI=1S/C16H29NO4/c1-5-21-15(19)13(16(2,3)4)14(18)17-9-6-10-20-11-12-7-8-12/h12-13H,5-11H2,1-4H3,(H,17,18). The van der Waals surface area contributed by atoms with Gasteiger partial charge in [-0.2, -0.15) is 0 Å². The molecule has 1 amide bonds. The molecule has 0 saturated heterocycles. The molecule has 0 aliphatic heterocycles. The van der Waals surface area contributed by atoms with E-state index in [9.17, 15) is 9.59 Å². The third-order valence-electron chi connectivity index (χ3n) is 3.47. The molecule has 21 heavy (non-hydrogen) atoms. The van der Waals surface area contributed by atoms with Crippen molar-refractivity contribution in [3.8, 4) is 0 Å². The zero-order valence-electron chi connectivity index (χ0n) is 13.7. The van der Waals surface area contributed by atoms with Crippen LogP contribution in [0.2, 0.25) is 0 Å². The van der Waals surface area contributed by atoms with E-state index in [1.54, 1.807) is 6.92 Å². The molecule has 0 aromatic carbocycles. The fourth-order valence-electron chi connectivity index (χ4n) is 2.10. The number of hydrogen-bond acceptors (Lipinski definition) is 4. The Morgan fingerprint density at radius 2 is 1.95 bits per heavy atom. The number of amides is 1. The maximum Gasteiger partial charge on any atom is 0.319 e. The van der Waals surface area contributed by atoms with Crippen molar-refractivity contribution < 1.29 is 19.1 Å². The number of carbonyl (C=O) groups is 2. The summed E-state index contributed by atoms with van der Waals surface area (Å²) in [5.41, 5.74) is -0.460. The number of hydrogen-bond donors (Lipinski definition) is 1. The number of nitrogens with one attached hydrogen (secondary N) is 1. The summed E-state index contributed by atoms with van der Waals surface area (Å²) in [6.45, 7) is 9.64. The molecule has 1 atom stereocenters. The minimum absolute atomic E-state index is 0.261. The van der Waals surface area contributed by atoms with E-state index < -0.39 is 17.3 Å². The summed E-state index contributed by atoms with van der Waals surface area (Å²) in [6.07, 6.45) is 3.32. The highest BCUT2D eigenvalue weighted by atomic mass is 16.5. The predicted molar refractivity (Wildman–Crippen MR) is 80.7 cm³/mol. The molecule has 5 nitrogen and oxygen atoms in total. The van der Waals surface area contributed by atoms with Gasteiger partial charge in [-0.15, -0.1) is 0 Å². The summed E-state index contributed by atoms with van der Waals surface area (Å²) in [4.78, 5) is 24.1. The van der Waals surface area contributed by atoms with Crippen molar-refractivity contribution in [3.63, 3.8) is 0 Å². The highest BCUT2D eigenvalue weighted by Crippen LogP contribution is 2.29. The van der Waals surface area contributed by atoms with Crippen LogP contribution in [0, 0.1) is 17.3 Å². The Kier molecular flexibility index (Phi) is 7.15. The van der Waals surface area contributed by atoms with Crippen LogP contribution in [0.4, 0.5) is 0 Å². The molecule has 0 aromatic rings. The van der Waals surface area contributed by atoms with Gasteiger partial charge in [-0.05, 0) is 37.5 Å². The number of carbonyl (C=O) groups excluding carboxylic acids is 2. The first-order chi connectivity index (χ1) is 9.86. The number of ether oxygens (including phenoxy) is 2. The monoisotopic (exact) mass is 299 g/mol. The van der Waals surface area contributed by atoms with Gasteiger partial charge in [-0.25, -0.2) is 0 Å². The van der Waals surface area contributed by atoms with Gasteiger partial charge >= 0.3 is 5.97 Å². The minimum Gasteiger partial charge on any atom is -0.465 e. The molecule has 1 aliphatic carbocycles. The molecule has 0 bridgehead atoms. The van der Waals surface area contributed by atoms with E-state index in [1.807, 2.05) is 20.8 Å². The lowest BCUT2D eigenvalue weighted by atomic mass is 9.80. The summed E-state index contributed by atoms with van der Waals surface area (Å²) in [5, 5.41) is 2.81. The van der Waals surface area contributed by atoms with Gasteiger partial charge in [0.2, 0.25) is 5.91 Å². The molecule has 1 N–H and O–H groups in total. The molecule has 1 aliphatic rings. The summed E-state index contributed by atoms with van der Waals surface area (Å²) in [5.74, 6) is -0.728. The third-order valence-corrected chi connectivity index (χ3v) is 3.47. The number of rotatable bonds is 9. The van der Waals surface area contributed by atoms with E-state index in [-0.39, 0.29) is 12.5 Å². The van der Waals surface area contributed by atoms with Crippen molar-refractivity contribution >= 4 is 11.9 Å². The Hall–Kier alpha value is -1.10. The second-order valence-electron chi connectivity index (χ2n) is 6.71. The van der Waals surface area contributed by atoms with E-state index in [4.69, 9.17) is 9.47 Å². The Labute approximate surface area is 127 Å². The zero-order chi connectivity index (χ0) is 15.9. The van der Waals surface area contributed by atoms with E-state index in [2.05, 4.69) is 5.32 Å². The minimum atomic E-state index is -0.773. The van der Waals surface area contributed by atoms with Crippen LogP contribution in [0.3, 0.4) is 0 Å². The largest absolute Gasteiger partial charge is 0.465 e. The molecule has 1 fully saturated rings. The first kappa shape index (κ1) is 18.0. The van der Waals surface area contributed by atoms with Crippen molar-refractivity contribution in [3.05, 3.63) is 0 Å². The van der Waals surface area contributed by atoms with Gasteiger partial charge in [-0.3, -0.25) is 9.59 Å². The average molecular weight is 299 g/mol. The van der Waals surface area contributed by atoms with Crippen LogP contribution in [0.1, 0.15) is 47.0 Å². The Bertz CT molecular complexity index is 345. The molecule has 5 heteroatoms. The van der Waals surface area contributed by atoms with Gasteiger partial charge in [0, 0.05) is 19.8 Å². The smallest absolute Gasteiger partial charge is 0.319 e.